The second kappa shape index (κ2) is 6.06. The third-order valence-electron chi connectivity index (χ3n) is 2.03. The summed E-state index contributed by atoms with van der Waals surface area (Å²) in [5.41, 5.74) is 0.0421. The first-order chi connectivity index (χ1) is 8.40. The lowest BCUT2D eigenvalue weighted by atomic mass is 10.2. The highest BCUT2D eigenvalue weighted by Crippen LogP contribution is 2.25. The summed E-state index contributed by atoms with van der Waals surface area (Å²) in [5.74, 6) is -0.386. The van der Waals surface area contributed by atoms with Gasteiger partial charge in [0.1, 0.15) is 11.3 Å². The molecule has 0 saturated carbocycles. The highest BCUT2D eigenvalue weighted by Gasteiger charge is 2.19. The van der Waals surface area contributed by atoms with Crippen LogP contribution in [0.25, 0.3) is 0 Å². The summed E-state index contributed by atoms with van der Waals surface area (Å²) in [7, 11) is 1.32. The molecular weight excluding hydrogens is 280 g/mol. The Morgan fingerprint density at radius 3 is 2.44 bits per heavy atom. The molecule has 1 aromatic carbocycles. The van der Waals surface area contributed by atoms with Gasteiger partial charge in [0.25, 0.3) is 9.05 Å². The van der Waals surface area contributed by atoms with Gasteiger partial charge in [-0.05, 0) is 32.0 Å². The van der Waals surface area contributed by atoms with Crippen molar-refractivity contribution in [3.63, 3.8) is 0 Å². The number of hydrogen-bond acceptors (Lipinski definition) is 5. The molecule has 0 heterocycles. The molecule has 1 rings (SSSR count). The molecule has 0 fully saturated rings. The van der Waals surface area contributed by atoms with E-state index >= 15 is 0 Å². The van der Waals surface area contributed by atoms with Crippen LogP contribution in [0.4, 0.5) is 0 Å². The second-order valence-corrected chi connectivity index (χ2v) is 5.82. The highest BCUT2D eigenvalue weighted by molar-refractivity contribution is 8.13. The number of halogens is 1. The summed E-state index contributed by atoms with van der Waals surface area (Å²) in [4.78, 5) is 11.5. The summed E-state index contributed by atoms with van der Waals surface area (Å²) < 4.78 is 32.5. The molecule has 0 bridgehead atoms. The van der Waals surface area contributed by atoms with Crippen LogP contribution < -0.4 is 4.74 Å². The van der Waals surface area contributed by atoms with Crippen LogP contribution in [0.3, 0.4) is 0 Å². The number of ether oxygens (including phenoxy) is 2. The molecule has 0 radical (unpaired) electrons. The van der Waals surface area contributed by atoms with Crippen molar-refractivity contribution in [3.8, 4) is 5.75 Å². The van der Waals surface area contributed by atoms with Crippen LogP contribution in [0.1, 0.15) is 24.2 Å². The SMILES string of the molecule is CCOC(=O)c1cc(S(=O)(=O)Cl)ccc1OCC. The van der Waals surface area contributed by atoms with E-state index in [0.29, 0.717) is 6.61 Å². The van der Waals surface area contributed by atoms with E-state index in [1.54, 1.807) is 13.8 Å². The zero-order valence-electron chi connectivity index (χ0n) is 9.97. The normalized spacial score (nSPS) is 11.1. The Morgan fingerprint density at radius 1 is 1.28 bits per heavy atom. The maximum Gasteiger partial charge on any atom is 0.341 e. The van der Waals surface area contributed by atoms with E-state index in [1.807, 2.05) is 0 Å². The lowest BCUT2D eigenvalue weighted by Gasteiger charge is -2.10. The van der Waals surface area contributed by atoms with Crippen LogP contribution >= 0.6 is 10.7 Å². The van der Waals surface area contributed by atoms with Gasteiger partial charge in [-0.1, -0.05) is 0 Å². The Balaban J connectivity index is 3.28. The Kier molecular flexibility index (Phi) is 4.98. The summed E-state index contributed by atoms with van der Waals surface area (Å²) in [5, 5.41) is 0. The van der Waals surface area contributed by atoms with Gasteiger partial charge in [0.2, 0.25) is 0 Å². The van der Waals surface area contributed by atoms with E-state index < -0.39 is 15.0 Å². The highest BCUT2D eigenvalue weighted by atomic mass is 35.7. The average Bonchev–Trinajstić information content (AvgIpc) is 2.28. The topological polar surface area (TPSA) is 69.7 Å². The molecule has 0 aliphatic carbocycles. The van der Waals surface area contributed by atoms with Gasteiger partial charge in [0, 0.05) is 10.7 Å². The minimum Gasteiger partial charge on any atom is -0.493 e. The van der Waals surface area contributed by atoms with E-state index in [9.17, 15) is 13.2 Å². The maximum absolute atomic E-state index is 11.7. The molecule has 0 aromatic heterocycles. The lowest BCUT2D eigenvalue weighted by molar-refractivity contribution is 0.0521. The van der Waals surface area contributed by atoms with Gasteiger partial charge < -0.3 is 9.47 Å². The monoisotopic (exact) mass is 292 g/mol. The second-order valence-electron chi connectivity index (χ2n) is 3.25. The van der Waals surface area contributed by atoms with E-state index in [1.165, 1.54) is 12.1 Å². The van der Waals surface area contributed by atoms with Crippen molar-refractivity contribution >= 4 is 25.7 Å². The van der Waals surface area contributed by atoms with Crippen molar-refractivity contribution in [2.75, 3.05) is 13.2 Å². The zero-order chi connectivity index (χ0) is 13.8. The first-order valence-electron chi connectivity index (χ1n) is 5.28. The van der Waals surface area contributed by atoms with Crippen molar-refractivity contribution in [2.24, 2.45) is 0 Å². The Morgan fingerprint density at radius 2 is 1.94 bits per heavy atom. The van der Waals surface area contributed by atoms with Gasteiger partial charge in [-0.2, -0.15) is 0 Å². The number of rotatable bonds is 5. The Hall–Kier alpha value is -1.27. The van der Waals surface area contributed by atoms with Gasteiger partial charge in [0.05, 0.1) is 18.1 Å². The van der Waals surface area contributed by atoms with Crippen LogP contribution in [-0.4, -0.2) is 27.6 Å². The molecule has 0 aliphatic rings. The van der Waals surface area contributed by atoms with Crippen LogP contribution in [-0.2, 0) is 13.8 Å². The predicted molar refractivity (Wildman–Crippen MR) is 66.6 cm³/mol. The standard InChI is InChI=1S/C11H13ClO5S/c1-3-16-10-6-5-8(18(12,14)15)7-9(10)11(13)17-4-2/h5-7H,3-4H2,1-2H3. The minimum atomic E-state index is -3.90. The number of carbonyl (C=O) groups is 1. The average molecular weight is 293 g/mol. The summed E-state index contributed by atoms with van der Waals surface area (Å²) >= 11 is 0. The molecule has 7 heteroatoms. The summed E-state index contributed by atoms with van der Waals surface area (Å²) in [6.07, 6.45) is 0. The molecule has 100 valence electrons. The van der Waals surface area contributed by atoms with Crippen LogP contribution in [0.2, 0.25) is 0 Å². The fourth-order valence-electron chi connectivity index (χ4n) is 1.31. The molecular formula is C11H13ClO5S. The first kappa shape index (κ1) is 14.8. The van der Waals surface area contributed by atoms with Crippen molar-refractivity contribution in [1.82, 2.24) is 0 Å². The van der Waals surface area contributed by atoms with E-state index in [0.717, 1.165) is 6.07 Å². The number of hydrogen-bond donors (Lipinski definition) is 0. The molecule has 0 amide bonds. The largest absolute Gasteiger partial charge is 0.493 e. The van der Waals surface area contributed by atoms with Gasteiger partial charge in [-0.25, -0.2) is 13.2 Å². The van der Waals surface area contributed by atoms with Gasteiger partial charge in [-0.3, -0.25) is 0 Å². The molecule has 0 saturated heterocycles. The maximum atomic E-state index is 11.7. The van der Waals surface area contributed by atoms with Gasteiger partial charge in [-0.15, -0.1) is 0 Å². The van der Waals surface area contributed by atoms with Crippen molar-refractivity contribution < 1.29 is 22.7 Å². The Bertz CT molecular complexity index is 538. The predicted octanol–water partition coefficient (Wildman–Crippen LogP) is 2.19. The van der Waals surface area contributed by atoms with Gasteiger partial charge in [0.15, 0.2) is 0 Å². The zero-order valence-corrected chi connectivity index (χ0v) is 11.5. The molecule has 0 N–H and O–H groups in total. The molecule has 1 aromatic rings. The summed E-state index contributed by atoms with van der Waals surface area (Å²) in [6, 6.07) is 3.80. The van der Waals surface area contributed by atoms with Crippen LogP contribution in [0, 0.1) is 0 Å². The molecule has 0 atom stereocenters. The van der Waals surface area contributed by atoms with E-state index in [4.69, 9.17) is 20.2 Å². The van der Waals surface area contributed by atoms with E-state index in [-0.39, 0.29) is 22.8 Å². The van der Waals surface area contributed by atoms with Crippen molar-refractivity contribution in [3.05, 3.63) is 23.8 Å². The number of esters is 1. The smallest absolute Gasteiger partial charge is 0.341 e. The third kappa shape index (κ3) is 3.61. The molecule has 0 unspecified atom stereocenters. The van der Waals surface area contributed by atoms with Crippen molar-refractivity contribution in [1.29, 1.82) is 0 Å². The number of benzene rings is 1. The van der Waals surface area contributed by atoms with Crippen LogP contribution in [0.15, 0.2) is 23.1 Å². The molecule has 0 spiro atoms. The minimum absolute atomic E-state index is 0.0421. The fourth-order valence-corrected chi connectivity index (χ4v) is 2.09. The third-order valence-corrected chi connectivity index (χ3v) is 3.38. The summed E-state index contributed by atoms with van der Waals surface area (Å²) in [6.45, 7) is 3.93. The first-order valence-corrected chi connectivity index (χ1v) is 7.59. The molecule has 5 nitrogen and oxygen atoms in total. The van der Waals surface area contributed by atoms with Crippen LogP contribution in [0.5, 0.6) is 5.75 Å². The lowest BCUT2D eigenvalue weighted by Crippen LogP contribution is -2.09. The molecule has 18 heavy (non-hydrogen) atoms. The Labute approximate surface area is 110 Å². The quantitative estimate of drug-likeness (QED) is 0.614. The molecule has 0 aliphatic heterocycles. The van der Waals surface area contributed by atoms with Crippen molar-refractivity contribution in [2.45, 2.75) is 18.7 Å². The fraction of sp³-hybridized carbons (Fsp3) is 0.364. The van der Waals surface area contributed by atoms with E-state index in [2.05, 4.69) is 0 Å². The van der Waals surface area contributed by atoms with Gasteiger partial charge >= 0.3 is 5.97 Å². The number of carbonyl (C=O) groups excluding carboxylic acids is 1.